The molecule has 3 aromatic rings. The van der Waals surface area contributed by atoms with Crippen LogP contribution < -0.4 is 11.1 Å². The van der Waals surface area contributed by atoms with Crippen LogP contribution in [0.5, 0.6) is 0 Å². The molecule has 3 N–H and O–H groups in total. The third-order valence-electron chi connectivity index (χ3n) is 6.04. The van der Waals surface area contributed by atoms with Gasteiger partial charge in [-0.3, -0.25) is 14.2 Å². The lowest BCUT2D eigenvalue weighted by Gasteiger charge is -2.36. The van der Waals surface area contributed by atoms with E-state index in [0.717, 1.165) is 35.6 Å². The van der Waals surface area contributed by atoms with E-state index in [0.29, 0.717) is 31.2 Å². The lowest BCUT2D eigenvalue weighted by Crippen LogP contribution is -2.58. The Hall–Kier alpha value is -2.77. The Balaban J connectivity index is 1.52. The van der Waals surface area contributed by atoms with Crippen LogP contribution in [-0.2, 0) is 12.8 Å². The summed E-state index contributed by atoms with van der Waals surface area (Å²) in [5, 5.41) is 3.38. The van der Waals surface area contributed by atoms with Crippen LogP contribution >= 0.6 is 0 Å². The molecule has 1 aliphatic carbocycles. The Morgan fingerprint density at radius 3 is 2.90 bits per heavy atom. The molecule has 5 rings (SSSR count). The molecule has 29 heavy (non-hydrogen) atoms. The fraction of sp³-hybridized carbons (Fsp3) is 0.409. The minimum absolute atomic E-state index is 0.00791. The maximum absolute atomic E-state index is 13.2. The van der Waals surface area contributed by atoms with Gasteiger partial charge in [0.15, 0.2) is 0 Å². The summed E-state index contributed by atoms with van der Waals surface area (Å²) >= 11 is 0. The van der Waals surface area contributed by atoms with Crippen molar-refractivity contribution in [2.24, 2.45) is 5.73 Å². The van der Waals surface area contributed by atoms with Crippen molar-refractivity contribution in [3.8, 4) is 0 Å². The Kier molecular flexibility index (Phi) is 4.56. The second kappa shape index (κ2) is 7.24. The van der Waals surface area contributed by atoms with Gasteiger partial charge in [0.05, 0.1) is 11.4 Å². The highest BCUT2D eigenvalue weighted by atomic mass is 16.2. The molecule has 1 aliphatic heterocycles. The van der Waals surface area contributed by atoms with Crippen molar-refractivity contribution >= 4 is 11.6 Å². The van der Waals surface area contributed by atoms with Crippen LogP contribution in [-0.4, -0.2) is 51.4 Å². The van der Waals surface area contributed by atoms with E-state index in [2.05, 4.69) is 17.4 Å². The maximum atomic E-state index is 13.2. The second-order valence-electron chi connectivity index (χ2n) is 8.06. The van der Waals surface area contributed by atoms with Crippen molar-refractivity contribution in [3.05, 3.63) is 64.9 Å². The van der Waals surface area contributed by atoms with Gasteiger partial charge in [0.2, 0.25) is 0 Å². The van der Waals surface area contributed by atoms with Crippen molar-refractivity contribution < 1.29 is 4.79 Å². The number of aryl methyl sites for hydroxylation is 1. The molecule has 2 aliphatic rings. The first-order chi connectivity index (χ1) is 14.1. The van der Waals surface area contributed by atoms with Gasteiger partial charge in [-0.25, -0.2) is 4.98 Å². The van der Waals surface area contributed by atoms with Gasteiger partial charge in [-0.2, -0.15) is 0 Å². The number of hydrogen-bond acceptors (Lipinski definition) is 5. The van der Waals surface area contributed by atoms with Gasteiger partial charge < -0.3 is 16.0 Å². The third kappa shape index (κ3) is 3.20. The first-order valence-electron chi connectivity index (χ1n) is 10.3. The second-order valence-corrected chi connectivity index (χ2v) is 8.06. The first kappa shape index (κ1) is 18.3. The molecular formula is C22H26N6O. The van der Waals surface area contributed by atoms with Gasteiger partial charge in [-0.1, -0.05) is 12.1 Å². The van der Waals surface area contributed by atoms with Gasteiger partial charge >= 0.3 is 0 Å². The molecule has 1 unspecified atom stereocenters. The van der Waals surface area contributed by atoms with E-state index in [4.69, 9.17) is 15.7 Å². The van der Waals surface area contributed by atoms with E-state index >= 15 is 0 Å². The number of nitrogens with one attached hydrogen (secondary N) is 1. The van der Waals surface area contributed by atoms with Crippen molar-refractivity contribution in [2.45, 2.75) is 37.8 Å². The van der Waals surface area contributed by atoms with Gasteiger partial charge in [-0.15, -0.1) is 0 Å². The molecule has 0 radical (unpaired) electrons. The highest BCUT2D eigenvalue weighted by molar-refractivity contribution is 5.95. The van der Waals surface area contributed by atoms with Crippen LogP contribution in [0.3, 0.4) is 0 Å². The zero-order valence-electron chi connectivity index (χ0n) is 16.6. The fourth-order valence-corrected chi connectivity index (χ4v) is 4.47. The molecule has 7 nitrogen and oxygen atoms in total. The number of nitrogens with zero attached hydrogens (tertiary/aromatic N) is 4. The third-order valence-corrected chi connectivity index (χ3v) is 6.04. The highest BCUT2D eigenvalue weighted by Crippen LogP contribution is 2.29. The van der Waals surface area contributed by atoms with Gasteiger partial charge in [0.1, 0.15) is 11.3 Å². The quantitative estimate of drug-likeness (QED) is 0.708. The van der Waals surface area contributed by atoms with Crippen LogP contribution in [0.15, 0.2) is 36.5 Å². The molecule has 1 fully saturated rings. The molecule has 150 valence electrons. The molecule has 0 spiro atoms. The number of hydrogen-bond donors (Lipinski definition) is 2. The molecule has 3 aromatic heterocycles. The van der Waals surface area contributed by atoms with E-state index < -0.39 is 0 Å². The minimum atomic E-state index is -0.00791. The van der Waals surface area contributed by atoms with Crippen LogP contribution in [0.25, 0.3) is 5.65 Å². The van der Waals surface area contributed by atoms with Crippen molar-refractivity contribution in [2.75, 3.05) is 20.1 Å². The maximum Gasteiger partial charge on any atom is 0.272 e. The Morgan fingerprint density at radius 2 is 2.10 bits per heavy atom. The SMILES string of the molecule is CNC1CCCc2ccc(Cc3nc4ccccn4c3C(=O)N3CC(N)C3)nc21. The average molecular weight is 390 g/mol. The molecule has 1 atom stereocenters. The number of aromatic nitrogens is 3. The summed E-state index contributed by atoms with van der Waals surface area (Å²) in [5.41, 5.74) is 11.5. The molecule has 7 heteroatoms. The smallest absolute Gasteiger partial charge is 0.272 e. The number of pyridine rings is 2. The summed E-state index contributed by atoms with van der Waals surface area (Å²) in [6.45, 7) is 1.19. The number of fused-ring (bicyclic) bond motifs is 2. The summed E-state index contributed by atoms with van der Waals surface area (Å²) in [7, 11) is 1.99. The molecular weight excluding hydrogens is 364 g/mol. The predicted molar refractivity (Wildman–Crippen MR) is 111 cm³/mol. The van der Waals surface area contributed by atoms with Crippen LogP contribution in [0, 0.1) is 0 Å². The number of rotatable bonds is 4. The number of nitrogens with two attached hydrogens (primary N) is 1. The normalized spacial score (nSPS) is 19.2. The molecule has 1 saturated heterocycles. The summed E-state index contributed by atoms with van der Waals surface area (Å²) in [6.07, 6.45) is 5.80. The van der Waals surface area contributed by atoms with Gasteiger partial charge in [-0.05, 0) is 50.1 Å². The zero-order valence-corrected chi connectivity index (χ0v) is 16.6. The van der Waals surface area contributed by atoms with Crippen molar-refractivity contribution in [3.63, 3.8) is 0 Å². The van der Waals surface area contributed by atoms with E-state index in [1.165, 1.54) is 12.0 Å². The highest BCUT2D eigenvalue weighted by Gasteiger charge is 2.32. The van der Waals surface area contributed by atoms with Gasteiger partial charge in [0, 0.05) is 43.5 Å². The number of carbonyl (C=O) groups excluding carboxylic acids is 1. The number of likely N-dealkylation sites (tertiary alicyclic amines) is 1. The van der Waals surface area contributed by atoms with Crippen molar-refractivity contribution in [1.29, 1.82) is 0 Å². The summed E-state index contributed by atoms with van der Waals surface area (Å²) < 4.78 is 1.89. The molecule has 4 heterocycles. The molecule has 0 bridgehead atoms. The Morgan fingerprint density at radius 1 is 1.24 bits per heavy atom. The zero-order chi connectivity index (χ0) is 20.0. The topological polar surface area (TPSA) is 88.6 Å². The van der Waals surface area contributed by atoms with E-state index in [-0.39, 0.29) is 11.9 Å². The molecule has 0 aromatic carbocycles. The van der Waals surface area contributed by atoms with E-state index in [1.54, 1.807) is 4.90 Å². The fourth-order valence-electron chi connectivity index (χ4n) is 4.47. The first-order valence-corrected chi connectivity index (χ1v) is 10.3. The molecule has 1 amide bonds. The monoisotopic (exact) mass is 390 g/mol. The largest absolute Gasteiger partial charge is 0.334 e. The lowest BCUT2D eigenvalue weighted by molar-refractivity contribution is 0.0599. The lowest BCUT2D eigenvalue weighted by atomic mass is 9.91. The standard InChI is InChI=1S/C22H26N6O/c1-24-17-6-4-5-14-8-9-16(25-20(14)17)11-18-21(22(29)27-12-15(23)13-27)28-10-3-2-7-19(28)26-18/h2-3,7-10,15,17,24H,4-6,11-13,23H2,1H3. The van der Waals surface area contributed by atoms with E-state index in [9.17, 15) is 4.79 Å². The summed E-state index contributed by atoms with van der Waals surface area (Å²) in [4.78, 5) is 24.7. The minimum Gasteiger partial charge on any atom is -0.334 e. The van der Waals surface area contributed by atoms with Crippen molar-refractivity contribution in [1.82, 2.24) is 24.6 Å². The van der Waals surface area contributed by atoms with Crippen LogP contribution in [0.1, 0.15) is 52.0 Å². The number of amides is 1. The van der Waals surface area contributed by atoms with Gasteiger partial charge in [0.25, 0.3) is 5.91 Å². The van der Waals surface area contributed by atoms with Crippen LogP contribution in [0.4, 0.5) is 0 Å². The predicted octanol–water partition coefficient (Wildman–Crippen LogP) is 1.70. The Bertz CT molecular complexity index is 1070. The summed E-state index contributed by atoms with van der Waals surface area (Å²) in [5.74, 6) is -0.00791. The van der Waals surface area contributed by atoms with Crippen LogP contribution in [0.2, 0.25) is 0 Å². The van der Waals surface area contributed by atoms with E-state index in [1.807, 2.05) is 35.8 Å². The Labute approximate surface area is 169 Å². The molecule has 0 saturated carbocycles. The number of imidazole rings is 1. The average Bonchev–Trinajstić information content (AvgIpc) is 3.08. The number of carbonyl (C=O) groups is 1. The summed E-state index contributed by atoms with van der Waals surface area (Å²) in [6, 6.07) is 10.4.